The van der Waals surface area contributed by atoms with Gasteiger partial charge in [0.15, 0.2) is 0 Å². The van der Waals surface area contributed by atoms with Crippen LogP contribution in [0.5, 0.6) is 0 Å². The van der Waals surface area contributed by atoms with Crippen molar-refractivity contribution in [3.8, 4) is 0 Å². The first kappa shape index (κ1) is 14.2. The van der Waals surface area contributed by atoms with Gasteiger partial charge in [-0.2, -0.15) is 0 Å². The molecule has 0 aliphatic carbocycles. The van der Waals surface area contributed by atoms with Crippen LogP contribution in [-0.4, -0.2) is 11.2 Å². The van der Waals surface area contributed by atoms with E-state index < -0.39 is 6.10 Å². The molecule has 17 heavy (non-hydrogen) atoms. The second-order valence-electron chi connectivity index (χ2n) is 5.95. The highest BCUT2D eigenvalue weighted by Gasteiger charge is 2.23. The third-order valence-corrected chi connectivity index (χ3v) is 3.52. The van der Waals surface area contributed by atoms with Gasteiger partial charge in [0, 0.05) is 6.42 Å². The van der Waals surface area contributed by atoms with E-state index in [1.165, 1.54) is 6.07 Å². The Morgan fingerprint density at radius 1 is 1.24 bits per heavy atom. The minimum Gasteiger partial charge on any atom is -0.393 e. The molecule has 0 aliphatic heterocycles. The Morgan fingerprint density at radius 2 is 1.82 bits per heavy atom. The van der Waals surface area contributed by atoms with E-state index in [4.69, 9.17) is 0 Å². The maximum absolute atomic E-state index is 13.4. The first-order valence-corrected chi connectivity index (χ1v) is 6.22. The molecule has 1 aromatic rings. The summed E-state index contributed by atoms with van der Waals surface area (Å²) in [6.07, 6.45) is 0.631. The van der Waals surface area contributed by atoms with Gasteiger partial charge in [0.2, 0.25) is 0 Å². The molecule has 0 amide bonds. The van der Waals surface area contributed by atoms with Crippen LogP contribution in [0.2, 0.25) is 0 Å². The van der Waals surface area contributed by atoms with Crippen molar-refractivity contribution in [2.75, 3.05) is 0 Å². The Hall–Kier alpha value is -0.890. The second-order valence-corrected chi connectivity index (χ2v) is 5.95. The summed E-state index contributed by atoms with van der Waals surface area (Å²) >= 11 is 0. The van der Waals surface area contributed by atoms with Gasteiger partial charge in [-0.3, -0.25) is 0 Å². The minimum absolute atomic E-state index is 0.177. The van der Waals surface area contributed by atoms with Crippen LogP contribution in [-0.2, 0) is 6.42 Å². The summed E-state index contributed by atoms with van der Waals surface area (Å²) in [5, 5.41) is 9.99. The van der Waals surface area contributed by atoms with Crippen LogP contribution >= 0.6 is 0 Å². The van der Waals surface area contributed by atoms with E-state index in [1.54, 1.807) is 18.2 Å². The van der Waals surface area contributed by atoms with Gasteiger partial charge in [-0.1, -0.05) is 45.9 Å². The fourth-order valence-corrected chi connectivity index (χ4v) is 1.76. The zero-order valence-corrected chi connectivity index (χ0v) is 11.2. The first-order chi connectivity index (χ1) is 7.80. The molecule has 2 heteroatoms. The summed E-state index contributed by atoms with van der Waals surface area (Å²) in [6, 6.07) is 6.65. The predicted molar refractivity (Wildman–Crippen MR) is 69.3 cm³/mol. The average molecular weight is 238 g/mol. The molecule has 0 radical (unpaired) electrons. The molecule has 96 valence electrons. The molecule has 1 aromatic carbocycles. The molecule has 0 aliphatic rings. The van der Waals surface area contributed by atoms with E-state index >= 15 is 0 Å². The first-order valence-electron chi connectivity index (χ1n) is 6.22. The van der Waals surface area contributed by atoms with Crippen molar-refractivity contribution in [3.63, 3.8) is 0 Å². The predicted octanol–water partition coefficient (Wildman–Crippen LogP) is 3.80. The lowest BCUT2D eigenvalue weighted by Crippen LogP contribution is -2.24. The maximum Gasteiger partial charge on any atom is 0.126 e. The molecule has 0 saturated carbocycles. The third kappa shape index (κ3) is 4.47. The molecule has 0 heterocycles. The van der Waals surface area contributed by atoms with Crippen molar-refractivity contribution < 1.29 is 9.50 Å². The van der Waals surface area contributed by atoms with E-state index in [1.807, 2.05) is 0 Å². The van der Waals surface area contributed by atoms with E-state index in [9.17, 15) is 9.50 Å². The SMILES string of the molecule is CC(CC(O)Cc1ccccc1F)C(C)(C)C. The zero-order chi connectivity index (χ0) is 13.1. The molecule has 2 atom stereocenters. The largest absolute Gasteiger partial charge is 0.393 e. The van der Waals surface area contributed by atoms with Crippen LogP contribution in [0.3, 0.4) is 0 Å². The van der Waals surface area contributed by atoms with Crippen LogP contribution < -0.4 is 0 Å². The lowest BCUT2D eigenvalue weighted by Gasteiger charge is -2.29. The van der Waals surface area contributed by atoms with Gasteiger partial charge in [-0.15, -0.1) is 0 Å². The molecule has 2 unspecified atom stereocenters. The van der Waals surface area contributed by atoms with Crippen LogP contribution in [0.15, 0.2) is 24.3 Å². The number of hydrogen-bond donors (Lipinski definition) is 1. The van der Waals surface area contributed by atoms with Gasteiger partial charge in [0.25, 0.3) is 0 Å². The van der Waals surface area contributed by atoms with Crippen molar-refractivity contribution in [1.29, 1.82) is 0 Å². The Labute approximate surface area is 104 Å². The van der Waals surface area contributed by atoms with Crippen molar-refractivity contribution in [2.24, 2.45) is 11.3 Å². The number of hydrogen-bond acceptors (Lipinski definition) is 1. The number of benzene rings is 1. The van der Waals surface area contributed by atoms with Crippen LogP contribution in [0.4, 0.5) is 4.39 Å². The van der Waals surface area contributed by atoms with Gasteiger partial charge in [0.05, 0.1) is 6.10 Å². The summed E-state index contributed by atoms with van der Waals surface area (Å²) < 4.78 is 13.4. The fourth-order valence-electron chi connectivity index (χ4n) is 1.76. The maximum atomic E-state index is 13.4. The highest BCUT2D eigenvalue weighted by molar-refractivity contribution is 5.18. The molecule has 0 aromatic heterocycles. The Bertz CT molecular complexity index is 354. The Morgan fingerprint density at radius 3 is 2.35 bits per heavy atom. The molecular formula is C15H23FO. The van der Waals surface area contributed by atoms with Crippen molar-refractivity contribution >= 4 is 0 Å². The van der Waals surface area contributed by atoms with E-state index in [-0.39, 0.29) is 11.2 Å². The number of halogens is 1. The van der Waals surface area contributed by atoms with Crippen molar-refractivity contribution in [3.05, 3.63) is 35.6 Å². The number of aliphatic hydroxyl groups is 1. The zero-order valence-electron chi connectivity index (χ0n) is 11.2. The van der Waals surface area contributed by atoms with Crippen LogP contribution in [0.1, 0.15) is 39.7 Å². The van der Waals surface area contributed by atoms with E-state index in [0.29, 0.717) is 24.3 Å². The summed E-state index contributed by atoms with van der Waals surface area (Å²) in [5.74, 6) is 0.180. The monoisotopic (exact) mass is 238 g/mol. The summed E-state index contributed by atoms with van der Waals surface area (Å²) in [6.45, 7) is 8.61. The van der Waals surface area contributed by atoms with Gasteiger partial charge in [0.1, 0.15) is 5.82 Å². The summed E-state index contributed by atoms with van der Waals surface area (Å²) in [4.78, 5) is 0. The Kier molecular flexibility index (Phi) is 4.70. The van der Waals surface area contributed by atoms with Gasteiger partial charge in [-0.25, -0.2) is 4.39 Å². The standard InChI is InChI=1S/C15H23FO/c1-11(15(2,3)4)9-13(17)10-12-7-5-6-8-14(12)16/h5-8,11,13,17H,9-10H2,1-4H3. The lowest BCUT2D eigenvalue weighted by atomic mass is 9.78. The molecule has 0 fully saturated rings. The van der Waals surface area contributed by atoms with Gasteiger partial charge >= 0.3 is 0 Å². The molecular weight excluding hydrogens is 215 g/mol. The molecule has 1 N–H and O–H groups in total. The van der Waals surface area contributed by atoms with Crippen LogP contribution in [0.25, 0.3) is 0 Å². The average Bonchev–Trinajstić information content (AvgIpc) is 2.20. The number of rotatable bonds is 4. The van der Waals surface area contributed by atoms with Gasteiger partial charge < -0.3 is 5.11 Å². The minimum atomic E-state index is -0.471. The van der Waals surface area contributed by atoms with Gasteiger partial charge in [-0.05, 0) is 29.4 Å². The second kappa shape index (κ2) is 5.63. The topological polar surface area (TPSA) is 20.2 Å². The summed E-state index contributed by atoms with van der Waals surface area (Å²) in [7, 11) is 0. The van der Waals surface area contributed by atoms with Crippen LogP contribution in [0, 0.1) is 17.2 Å². The highest BCUT2D eigenvalue weighted by Crippen LogP contribution is 2.29. The molecule has 1 nitrogen and oxygen atoms in total. The molecule has 0 saturated heterocycles. The van der Waals surface area contributed by atoms with E-state index in [0.717, 1.165) is 0 Å². The highest BCUT2D eigenvalue weighted by atomic mass is 19.1. The third-order valence-electron chi connectivity index (χ3n) is 3.52. The number of aliphatic hydroxyl groups excluding tert-OH is 1. The van der Waals surface area contributed by atoms with Crippen molar-refractivity contribution in [2.45, 2.75) is 46.6 Å². The normalized spacial score (nSPS) is 15.6. The Balaban J connectivity index is 2.56. The molecule has 1 rings (SSSR count). The van der Waals surface area contributed by atoms with Crippen molar-refractivity contribution in [1.82, 2.24) is 0 Å². The quantitative estimate of drug-likeness (QED) is 0.846. The fraction of sp³-hybridized carbons (Fsp3) is 0.600. The summed E-state index contributed by atoms with van der Waals surface area (Å²) in [5.41, 5.74) is 0.775. The smallest absolute Gasteiger partial charge is 0.126 e. The van der Waals surface area contributed by atoms with E-state index in [2.05, 4.69) is 27.7 Å². The molecule has 0 spiro atoms. The lowest BCUT2D eigenvalue weighted by molar-refractivity contribution is 0.109. The molecule has 0 bridgehead atoms.